The quantitative estimate of drug-likeness (QED) is 0.903. The summed E-state index contributed by atoms with van der Waals surface area (Å²) in [6.07, 6.45) is 0. The van der Waals surface area contributed by atoms with Gasteiger partial charge in [-0.2, -0.15) is 5.26 Å². The molecule has 2 rings (SSSR count). The molecule has 0 aromatic heterocycles. The minimum absolute atomic E-state index is 0.117. The van der Waals surface area contributed by atoms with E-state index >= 15 is 0 Å². The van der Waals surface area contributed by atoms with Crippen LogP contribution < -0.4 is 10.6 Å². The summed E-state index contributed by atoms with van der Waals surface area (Å²) < 4.78 is 0. The second kappa shape index (κ2) is 7.11. The molecule has 1 unspecified atom stereocenters. The summed E-state index contributed by atoms with van der Waals surface area (Å²) in [5.41, 5.74) is 2.63. The van der Waals surface area contributed by atoms with Crippen LogP contribution in [0.5, 0.6) is 0 Å². The van der Waals surface area contributed by atoms with E-state index in [1.807, 2.05) is 49.4 Å². The highest BCUT2D eigenvalue weighted by atomic mass is 16.2. The molecule has 0 radical (unpaired) electrons. The van der Waals surface area contributed by atoms with E-state index in [0.29, 0.717) is 12.1 Å². The summed E-state index contributed by atoms with van der Waals surface area (Å²) in [6.45, 7) is 2.40. The van der Waals surface area contributed by atoms with Crippen molar-refractivity contribution in [3.8, 4) is 6.07 Å². The maximum Gasteiger partial charge on any atom is 0.315 e. The van der Waals surface area contributed by atoms with Crippen LogP contribution in [0.15, 0.2) is 54.6 Å². The first-order chi connectivity index (χ1) is 10.2. The molecule has 0 fully saturated rings. The molecular weight excluding hydrogens is 262 g/mol. The van der Waals surface area contributed by atoms with Gasteiger partial charge in [-0.15, -0.1) is 0 Å². The lowest BCUT2D eigenvalue weighted by Gasteiger charge is -2.15. The molecule has 0 aliphatic carbocycles. The molecule has 0 saturated carbocycles. The van der Waals surface area contributed by atoms with Gasteiger partial charge in [0.05, 0.1) is 17.7 Å². The van der Waals surface area contributed by atoms with Gasteiger partial charge in [-0.3, -0.25) is 0 Å². The molecule has 4 heteroatoms. The Kier molecular flexibility index (Phi) is 4.94. The molecule has 106 valence electrons. The zero-order chi connectivity index (χ0) is 15.1. The van der Waals surface area contributed by atoms with Crippen LogP contribution in [0.2, 0.25) is 0 Å². The first kappa shape index (κ1) is 14.6. The monoisotopic (exact) mass is 279 g/mol. The molecule has 2 aromatic rings. The van der Waals surface area contributed by atoms with Crippen molar-refractivity contribution in [2.75, 3.05) is 0 Å². The highest BCUT2D eigenvalue weighted by molar-refractivity contribution is 5.74. The van der Waals surface area contributed by atoms with Crippen molar-refractivity contribution in [2.45, 2.75) is 19.5 Å². The van der Waals surface area contributed by atoms with Crippen LogP contribution in [0.1, 0.15) is 29.7 Å². The Hall–Kier alpha value is -2.80. The predicted octanol–water partition coefficient (Wildman–Crippen LogP) is 3.12. The van der Waals surface area contributed by atoms with Crippen LogP contribution in [-0.4, -0.2) is 6.03 Å². The van der Waals surface area contributed by atoms with E-state index in [1.54, 1.807) is 12.1 Å². The molecule has 0 spiro atoms. The average molecular weight is 279 g/mol. The minimum Gasteiger partial charge on any atom is -0.334 e. The third-order valence-electron chi connectivity index (χ3n) is 3.18. The largest absolute Gasteiger partial charge is 0.334 e. The van der Waals surface area contributed by atoms with Gasteiger partial charge in [0, 0.05) is 6.54 Å². The Balaban J connectivity index is 1.85. The molecule has 1 atom stereocenters. The minimum atomic E-state index is -0.212. The van der Waals surface area contributed by atoms with Crippen molar-refractivity contribution >= 4 is 6.03 Å². The second-order valence-corrected chi connectivity index (χ2v) is 4.77. The SMILES string of the molecule is CC(NC(=O)NCc1ccccc1)c1ccc(C#N)cc1. The lowest BCUT2D eigenvalue weighted by atomic mass is 10.1. The van der Waals surface area contributed by atoms with Crippen molar-refractivity contribution in [3.63, 3.8) is 0 Å². The zero-order valence-corrected chi connectivity index (χ0v) is 11.8. The van der Waals surface area contributed by atoms with Gasteiger partial charge in [-0.1, -0.05) is 42.5 Å². The fraction of sp³-hybridized carbons (Fsp3) is 0.176. The summed E-state index contributed by atoms with van der Waals surface area (Å²) in [7, 11) is 0. The van der Waals surface area contributed by atoms with Crippen molar-refractivity contribution in [3.05, 3.63) is 71.3 Å². The average Bonchev–Trinajstić information content (AvgIpc) is 2.54. The lowest BCUT2D eigenvalue weighted by Crippen LogP contribution is -2.36. The standard InChI is InChI=1S/C17H17N3O/c1-13(16-9-7-14(11-18)8-10-16)20-17(21)19-12-15-5-3-2-4-6-15/h2-10,13H,12H2,1H3,(H2,19,20,21). The number of amides is 2. The van der Waals surface area contributed by atoms with Crippen LogP contribution in [0, 0.1) is 11.3 Å². The number of carbonyl (C=O) groups excluding carboxylic acids is 1. The van der Waals surface area contributed by atoms with Crippen molar-refractivity contribution in [2.24, 2.45) is 0 Å². The Morgan fingerprint density at radius 2 is 1.81 bits per heavy atom. The third-order valence-corrected chi connectivity index (χ3v) is 3.18. The smallest absolute Gasteiger partial charge is 0.315 e. The molecule has 0 bridgehead atoms. The van der Waals surface area contributed by atoms with Crippen LogP contribution in [-0.2, 0) is 6.54 Å². The number of carbonyl (C=O) groups is 1. The molecular formula is C17H17N3O. The van der Waals surface area contributed by atoms with Crippen LogP contribution >= 0.6 is 0 Å². The van der Waals surface area contributed by atoms with E-state index in [9.17, 15) is 4.79 Å². The zero-order valence-electron chi connectivity index (χ0n) is 11.8. The number of benzene rings is 2. The molecule has 0 aliphatic rings. The van der Waals surface area contributed by atoms with Crippen molar-refractivity contribution in [1.29, 1.82) is 5.26 Å². The number of nitriles is 1. The summed E-state index contributed by atoms with van der Waals surface area (Å²) in [6, 6.07) is 18.7. The van der Waals surface area contributed by atoms with Crippen molar-refractivity contribution in [1.82, 2.24) is 10.6 Å². The van der Waals surface area contributed by atoms with E-state index in [0.717, 1.165) is 11.1 Å². The maximum atomic E-state index is 11.8. The third kappa shape index (κ3) is 4.36. The number of urea groups is 1. The first-order valence-corrected chi connectivity index (χ1v) is 6.77. The summed E-state index contributed by atoms with van der Waals surface area (Å²) in [4.78, 5) is 11.8. The summed E-state index contributed by atoms with van der Waals surface area (Å²) >= 11 is 0. The van der Waals surface area contributed by atoms with Gasteiger partial charge in [0.15, 0.2) is 0 Å². The maximum absolute atomic E-state index is 11.8. The highest BCUT2D eigenvalue weighted by Gasteiger charge is 2.09. The Bertz CT molecular complexity index is 629. The normalized spacial score (nSPS) is 11.2. The van der Waals surface area contributed by atoms with E-state index < -0.39 is 0 Å². The first-order valence-electron chi connectivity index (χ1n) is 6.77. The summed E-state index contributed by atoms with van der Waals surface area (Å²) in [5, 5.41) is 14.5. The highest BCUT2D eigenvalue weighted by Crippen LogP contribution is 2.12. The predicted molar refractivity (Wildman–Crippen MR) is 81.4 cm³/mol. The molecule has 0 aliphatic heterocycles. The van der Waals surface area contributed by atoms with E-state index in [4.69, 9.17) is 5.26 Å². The molecule has 4 nitrogen and oxygen atoms in total. The molecule has 0 heterocycles. The molecule has 0 saturated heterocycles. The van der Waals surface area contributed by atoms with Gasteiger partial charge in [-0.25, -0.2) is 4.79 Å². The summed E-state index contributed by atoms with van der Waals surface area (Å²) in [5.74, 6) is 0. The molecule has 21 heavy (non-hydrogen) atoms. The lowest BCUT2D eigenvalue weighted by molar-refractivity contribution is 0.237. The van der Waals surface area contributed by atoms with E-state index in [2.05, 4.69) is 16.7 Å². The van der Waals surface area contributed by atoms with Crippen molar-refractivity contribution < 1.29 is 4.79 Å². The van der Waals surface area contributed by atoms with Crippen LogP contribution in [0.3, 0.4) is 0 Å². The Morgan fingerprint density at radius 1 is 1.14 bits per heavy atom. The van der Waals surface area contributed by atoms with Gasteiger partial charge in [0.2, 0.25) is 0 Å². The molecule has 2 N–H and O–H groups in total. The number of nitrogens with zero attached hydrogens (tertiary/aromatic N) is 1. The topological polar surface area (TPSA) is 64.9 Å². The van der Waals surface area contributed by atoms with E-state index in [1.165, 1.54) is 0 Å². The fourth-order valence-electron chi connectivity index (χ4n) is 1.96. The Morgan fingerprint density at radius 3 is 2.43 bits per heavy atom. The number of hydrogen-bond donors (Lipinski definition) is 2. The number of hydrogen-bond acceptors (Lipinski definition) is 2. The van der Waals surface area contributed by atoms with Gasteiger partial charge < -0.3 is 10.6 Å². The second-order valence-electron chi connectivity index (χ2n) is 4.77. The van der Waals surface area contributed by atoms with Gasteiger partial charge in [0.1, 0.15) is 0 Å². The van der Waals surface area contributed by atoms with Crippen LogP contribution in [0.4, 0.5) is 4.79 Å². The van der Waals surface area contributed by atoms with Gasteiger partial charge in [-0.05, 0) is 30.2 Å². The molecule has 2 amide bonds. The van der Waals surface area contributed by atoms with E-state index in [-0.39, 0.29) is 12.1 Å². The molecule has 2 aromatic carbocycles. The number of rotatable bonds is 4. The fourth-order valence-corrected chi connectivity index (χ4v) is 1.96. The van der Waals surface area contributed by atoms with Crippen LogP contribution in [0.25, 0.3) is 0 Å². The Labute approximate surface area is 124 Å². The number of nitrogens with one attached hydrogen (secondary N) is 2. The van der Waals surface area contributed by atoms with Gasteiger partial charge >= 0.3 is 6.03 Å². The van der Waals surface area contributed by atoms with Gasteiger partial charge in [0.25, 0.3) is 0 Å².